The molecule has 1 N–H and O–H groups in total. The van der Waals surface area contributed by atoms with Crippen molar-refractivity contribution in [3.05, 3.63) is 47.5 Å². The van der Waals surface area contributed by atoms with E-state index in [0.717, 1.165) is 60.5 Å². The third kappa shape index (κ3) is 4.97. The summed E-state index contributed by atoms with van der Waals surface area (Å²) in [6.07, 6.45) is 3.79. The maximum absolute atomic E-state index is 12.5. The van der Waals surface area contributed by atoms with Crippen LogP contribution < -0.4 is 10.1 Å². The van der Waals surface area contributed by atoms with E-state index in [9.17, 15) is 4.79 Å². The smallest absolute Gasteiger partial charge is 0.224 e. The lowest BCUT2D eigenvalue weighted by atomic mass is 9.93. The second-order valence-corrected chi connectivity index (χ2v) is 8.10. The molecule has 1 amide bonds. The van der Waals surface area contributed by atoms with E-state index in [1.807, 2.05) is 37.3 Å². The summed E-state index contributed by atoms with van der Waals surface area (Å²) in [4.78, 5) is 14.9. The number of hydrogen-bond donors (Lipinski definition) is 1. The van der Waals surface area contributed by atoms with Gasteiger partial charge in [-0.2, -0.15) is 0 Å². The Morgan fingerprint density at radius 1 is 1.23 bits per heavy atom. The van der Waals surface area contributed by atoms with Crippen molar-refractivity contribution in [2.24, 2.45) is 5.92 Å². The zero-order chi connectivity index (χ0) is 20.9. The summed E-state index contributed by atoms with van der Waals surface area (Å²) >= 11 is 0. The molecule has 0 bridgehead atoms. The van der Waals surface area contributed by atoms with Crippen molar-refractivity contribution >= 4 is 22.6 Å². The van der Waals surface area contributed by atoms with E-state index in [1.54, 1.807) is 7.11 Å². The molecule has 1 aliphatic heterocycles. The number of carbonyl (C=O) groups excluding carboxylic acids is 1. The lowest BCUT2D eigenvalue weighted by Gasteiger charge is -2.32. The summed E-state index contributed by atoms with van der Waals surface area (Å²) in [6, 6.07) is 11.8. The molecule has 3 aromatic rings. The quantitative estimate of drug-likeness (QED) is 0.632. The van der Waals surface area contributed by atoms with Gasteiger partial charge in [0.05, 0.1) is 7.11 Å². The Labute approximate surface area is 176 Å². The lowest BCUT2D eigenvalue weighted by molar-refractivity contribution is -0.116. The van der Waals surface area contributed by atoms with Crippen molar-refractivity contribution in [2.75, 3.05) is 25.5 Å². The van der Waals surface area contributed by atoms with Crippen LogP contribution in [0.1, 0.15) is 36.8 Å². The molecule has 7 nitrogen and oxygen atoms in total. The maximum atomic E-state index is 12.5. The first kappa shape index (κ1) is 20.3. The van der Waals surface area contributed by atoms with Crippen molar-refractivity contribution < 1.29 is 14.2 Å². The summed E-state index contributed by atoms with van der Waals surface area (Å²) in [5.74, 6) is 1.41. The molecule has 1 aromatic heterocycles. The van der Waals surface area contributed by atoms with Crippen molar-refractivity contribution in [1.29, 1.82) is 0 Å². The van der Waals surface area contributed by atoms with Crippen LogP contribution in [0.15, 0.2) is 41.0 Å². The number of nitrogens with one attached hydrogen (secondary N) is 1. The molecule has 0 spiro atoms. The highest BCUT2D eigenvalue weighted by molar-refractivity contribution is 5.91. The minimum atomic E-state index is 0.0735. The Kier molecular flexibility index (Phi) is 6.28. The van der Waals surface area contributed by atoms with E-state index in [-0.39, 0.29) is 5.91 Å². The molecule has 1 fully saturated rings. The zero-order valence-electron chi connectivity index (χ0n) is 17.6. The Balaban J connectivity index is 1.27. The molecule has 158 valence electrons. The number of carbonyl (C=O) groups is 1. The lowest BCUT2D eigenvalue weighted by Crippen LogP contribution is -2.35. The highest BCUT2D eigenvalue weighted by atomic mass is 16.6. The van der Waals surface area contributed by atoms with Gasteiger partial charge in [0.1, 0.15) is 16.8 Å². The van der Waals surface area contributed by atoms with E-state index in [0.29, 0.717) is 12.3 Å². The number of likely N-dealkylation sites (tertiary alicyclic amines) is 1. The Bertz CT molecular complexity index is 1020. The van der Waals surface area contributed by atoms with Gasteiger partial charge in [-0.05, 0) is 90.4 Å². The molecule has 0 saturated carbocycles. The molecule has 1 saturated heterocycles. The average Bonchev–Trinajstić information content (AvgIpc) is 3.22. The normalized spacial score (nSPS) is 17.2. The van der Waals surface area contributed by atoms with Gasteiger partial charge in [-0.3, -0.25) is 9.69 Å². The molecule has 0 unspecified atom stereocenters. The summed E-state index contributed by atoms with van der Waals surface area (Å²) in [7, 11) is 1.64. The Morgan fingerprint density at radius 2 is 2.10 bits per heavy atom. The number of ether oxygens (including phenoxy) is 1. The first-order valence-electron chi connectivity index (χ1n) is 10.5. The molecular formula is C23H28N4O3. The van der Waals surface area contributed by atoms with E-state index in [2.05, 4.69) is 26.6 Å². The molecule has 7 heteroatoms. The number of aromatic nitrogens is 2. The molecule has 1 atom stereocenters. The SMILES string of the molecule is COc1ccc(NC(=O)CC[C@@H]2CCCN(Cc3ccc4nonc4c3)C2)c(C)c1. The number of anilines is 1. The number of benzene rings is 2. The molecule has 30 heavy (non-hydrogen) atoms. The largest absolute Gasteiger partial charge is 0.497 e. The van der Waals surface area contributed by atoms with Crippen LogP contribution in [0.4, 0.5) is 5.69 Å². The van der Waals surface area contributed by atoms with Gasteiger partial charge in [0, 0.05) is 25.2 Å². The van der Waals surface area contributed by atoms with Gasteiger partial charge >= 0.3 is 0 Å². The summed E-state index contributed by atoms with van der Waals surface area (Å²) in [5, 5.41) is 10.8. The predicted octanol–water partition coefficient (Wildman–Crippen LogP) is 4.17. The second-order valence-electron chi connectivity index (χ2n) is 8.10. The molecule has 2 heterocycles. The van der Waals surface area contributed by atoms with Crippen molar-refractivity contribution in [2.45, 2.75) is 39.2 Å². The van der Waals surface area contributed by atoms with Crippen LogP contribution >= 0.6 is 0 Å². The number of rotatable bonds is 7. The van der Waals surface area contributed by atoms with Crippen LogP contribution in [0, 0.1) is 12.8 Å². The summed E-state index contributed by atoms with van der Waals surface area (Å²) in [5.41, 5.74) is 4.65. The van der Waals surface area contributed by atoms with Crippen molar-refractivity contribution in [3.8, 4) is 5.75 Å². The van der Waals surface area contributed by atoms with E-state index in [1.165, 1.54) is 12.0 Å². The van der Waals surface area contributed by atoms with Crippen LogP contribution in [-0.4, -0.2) is 41.3 Å². The number of methoxy groups -OCH3 is 1. The van der Waals surface area contributed by atoms with Crippen molar-refractivity contribution in [1.82, 2.24) is 15.2 Å². The van der Waals surface area contributed by atoms with E-state index in [4.69, 9.17) is 9.37 Å². The molecule has 0 radical (unpaired) electrons. The molecule has 4 rings (SSSR count). The molecule has 1 aliphatic rings. The molecule has 2 aromatic carbocycles. The predicted molar refractivity (Wildman–Crippen MR) is 115 cm³/mol. The average molecular weight is 409 g/mol. The zero-order valence-corrected chi connectivity index (χ0v) is 17.6. The van der Waals surface area contributed by atoms with Crippen LogP contribution in [-0.2, 0) is 11.3 Å². The van der Waals surface area contributed by atoms with Crippen LogP contribution in [0.3, 0.4) is 0 Å². The molecule has 0 aliphatic carbocycles. The number of hydrogen-bond acceptors (Lipinski definition) is 6. The minimum Gasteiger partial charge on any atom is -0.497 e. The Morgan fingerprint density at radius 3 is 2.93 bits per heavy atom. The van der Waals surface area contributed by atoms with Gasteiger partial charge < -0.3 is 10.1 Å². The van der Waals surface area contributed by atoms with Gasteiger partial charge in [-0.1, -0.05) is 6.07 Å². The van der Waals surface area contributed by atoms with Gasteiger partial charge in [-0.25, -0.2) is 4.63 Å². The van der Waals surface area contributed by atoms with Crippen LogP contribution in [0.25, 0.3) is 11.0 Å². The number of aryl methyl sites for hydroxylation is 1. The number of fused-ring (bicyclic) bond motifs is 1. The van der Waals surface area contributed by atoms with Gasteiger partial charge in [0.15, 0.2) is 0 Å². The van der Waals surface area contributed by atoms with Crippen LogP contribution in [0.2, 0.25) is 0 Å². The van der Waals surface area contributed by atoms with Crippen LogP contribution in [0.5, 0.6) is 5.75 Å². The first-order valence-corrected chi connectivity index (χ1v) is 10.5. The summed E-state index contributed by atoms with van der Waals surface area (Å²) in [6.45, 7) is 4.97. The first-order chi connectivity index (χ1) is 14.6. The second kappa shape index (κ2) is 9.26. The van der Waals surface area contributed by atoms with Gasteiger partial charge in [0.2, 0.25) is 5.91 Å². The van der Waals surface area contributed by atoms with Gasteiger partial charge in [-0.15, -0.1) is 0 Å². The van der Waals surface area contributed by atoms with Crippen molar-refractivity contribution in [3.63, 3.8) is 0 Å². The highest BCUT2D eigenvalue weighted by Gasteiger charge is 2.21. The Hall–Kier alpha value is -2.93. The van der Waals surface area contributed by atoms with E-state index >= 15 is 0 Å². The monoisotopic (exact) mass is 408 g/mol. The number of nitrogens with zero attached hydrogens (tertiary/aromatic N) is 3. The standard InChI is InChI=1S/C23H28N4O3/c1-16-12-19(29-2)7-9-20(16)24-23(28)10-6-17-4-3-11-27(14-17)15-18-5-8-21-22(13-18)26-30-25-21/h5,7-9,12-13,17H,3-4,6,10-11,14-15H2,1-2H3,(H,24,28)/t17-/m0/s1. The third-order valence-corrected chi connectivity index (χ3v) is 5.81. The fourth-order valence-corrected chi connectivity index (χ4v) is 4.17. The van der Waals surface area contributed by atoms with E-state index < -0.39 is 0 Å². The molecular weight excluding hydrogens is 380 g/mol. The summed E-state index contributed by atoms with van der Waals surface area (Å²) < 4.78 is 10.0. The third-order valence-electron chi connectivity index (χ3n) is 5.81. The van der Waals surface area contributed by atoms with Gasteiger partial charge in [0.25, 0.3) is 0 Å². The fraction of sp³-hybridized carbons (Fsp3) is 0.435. The minimum absolute atomic E-state index is 0.0735. The number of amides is 1. The highest BCUT2D eigenvalue weighted by Crippen LogP contribution is 2.25. The topological polar surface area (TPSA) is 80.5 Å². The fourth-order valence-electron chi connectivity index (χ4n) is 4.17. The maximum Gasteiger partial charge on any atom is 0.224 e. The number of piperidine rings is 1.